The van der Waals surface area contributed by atoms with Crippen molar-refractivity contribution in [2.24, 2.45) is 0 Å². The predicted octanol–water partition coefficient (Wildman–Crippen LogP) is 3.92. The number of anilines is 1. The molecule has 0 bridgehead atoms. The molecular weight excluding hydrogens is 392 g/mol. The minimum absolute atomic E-state index is 0.0313. The highest BCUT2D eigenvalue weighted by atomic mass is 32.2. The molecule has 1 N–H and O–H groups in total. The number of benzene rings is 2. The Labute approximate surface area is 171 Å². The number of para-hydroxylation sites is 1. The van der Waals surface area contributed by atoms with E-state index in [1.807, 2.05) is 19.9 Å². The molecule has 0 aliphatic heterocycles. The molecule has 0 atom stereocenters. The Bertz CT molecular complexity index is 1160. The number of aromatic nitrogens is 2. The average molecular weight is 412 g/mol. The number of hydrogen-bond donors (Lipinski definition) is 1. The van der Waals surface area contributed by atoms with E-state index in [-0.39, 0.29) is 28.9 Å². The van der Waals surface area contributed by atoms with Crippen molar-refractivity contribution in [3.63, 3.8) is 0 Å². The zero-order valence-electron chi connectivity index (χ0n) is 16.2. The van der Waals surface area contributed by atoms with Crippen LogP contribution in [-0.4, -0.2) is 26.1 Å². The fourth-order valence-corrected chi connectivity index (χ4v) is 3.83. The Morgan fingerprint density at radius 3 is 2.66 bits per heavy atom. The third kappa shape index (κ3) is 4.45. The van der Waals surface area contributed by atoms with Crippen LogP contribution in [0.3, 0.4) is 0 Å². The first kappa shape index (κ1) is 20.5. The molecule has 3 aromatic rings. The maximum Gasteiger partial charge on any atom is 0.269 e. The third-order valence-corrected chi connectivity index (χ3v) is 5.27. The Hall–Kier alpha value is -3.20. The van der Waals surface area contributed by atoms with Crippen molar-refractivity contribution in [1.82, 2.24) is 9.55 Å². The van der Waals surface area contributed by atoms with Gasteiger partial charge in [-0.3, -0.25) is 24.3 Å². The standard InChI is InChI=1S/C20H20N4O4S/c1-12(2)23-19(26)15-6-4-5-7-17(15)22-20(23)29-11-18(25)21-16-9-8-14(24(27)28)10-13(16)3/h4-10,12H,11H2,1-3H3,(H,21,25). The summed E-state index contributed by atoms with van der Waals surface area (Å²) in [6.45, 7) is 5.47. The number of nitro benzene ring substituents is 1. The maximum atomic E-state index is 12.8. The second kappa shape index (κ2) is 8.44. The van der Waals surface area contributed by atoms with Crippen LogP contribution in [0.5, 0.6) is 0 Å². The first-order chi connectivity index (χ1) is 13.8. The van der Waals surface area contributed by atoms with Crippen LogP contribution in [0.1, 0.15) is 25.5 Å². The van der Waals surface area contributed by atoms with Gasteiger partial charge >= 0.3 is 0 Å². The minimum atomic E-state index is -0.481. The van der Waals surface area contributed by atoms with E-state index in [4.69, 9.17) is 0 Å². The summed E-state index contributed by atoms with van der Waals surface area (Å²) in [5.74, 6) is -0.238. The van der Waals surface area contributed by atoms with Gasteiger partial charge in [0.25, 0.3) is 11.2 Å². The van der Waals surface area contributed by atoms with Gasteiger partial charge in [0, 0.05) is 23.9 Å². The van der Waals surface area contributed by atoms with Gasteiger partial charge in [-0.05, 0) is 44.5 Å². The number of nitrogens with one attached hydrogen (secondary N) is 1. The van der Waals surface area contributed by atoms with Gasteiger partial charge in [0.05, 0.1) is 21.6 Å². The number of hydrogen-bond acceptors (Lipinski definition) is 6. The van der Waals surface area contributed by atoms with Crippen molar-refractivity contribution in [2.75, 3.05) is 11.1 Å². The summed E-state index contributed by atoms with van der Waals surface area (Å²) in [6, 6.07) is 11.3. The van der Waals surface area contributed by atoms with Gasteiger partial charge in [-0.15, -0.1) is 0 Å². The lowest BCUT2D eigenvalue weighted by Crippen LogP contribution is -2.25. The third-order valence-electron chi connectivity index (χ3n) is 4.32. The Kier molecular flexibility index (Phi) is 5.97. The predicted molar refractivity (Wildman–Crippen MR) is 114 cm³/mol. The van der Waals surface area contributed by atoms with Crippen molar-refractivity contribution < 1.29 is 9.72 Å². The van der Waals surface area contributed by atoms with Crippen molar-refractivity contribution in [2.45, 2.75) is 32.0 Å². The summed E-state index contributed by atoms with van der Waals surface area (Å²) in [7, 11) is 0. The molecule has 9 heteroatoms. The van der Waals surface area contributed by atoms with E-state index in [0.717, 1.165) is 0 Å². The molecule has 8 nitrogen and oxygen atoms in total. The quantitative estimate of drug-likeness (QED) is 0.285. The van der Waals surface area contributed by atoms with Gasteiger partial charge in [0.2, 0.25) is 5.91 Å². The number of rotatable bonds is 6. The SMILES string of the molecule is Cc1cc([N+](=O)[O-])ccc1NC(=O)CSc1nc2ccccc2c(=O)n1C(C)C. The van der Waals surface area contributed by atoms with E-state index in [0.29, 0.717) is 27.3 Å². The van der Waals surface area contributed by atoms with Crippen molar-refractivity contribution in [3.8, 4) is 0 Å². The van der Waals surface area contributed by atoms with E-state index in [9.17, 15) is 19.7 Å². The lowest BCUT2D eigenvalue weighted by molar-refractivity contribution is -0.384. The molecule has 0 spiro atoms. The molecular formula is C20H20N4O4S. The Balaban J connectivity index is 1.80. The molecule has 3 rings (SSSR count). The molecule has 0 aliphatic rings. The number of carbonyl (C=O) groups excluding carboxylic acids is 1. The molecule has 29 heavy (non-hydrogen) atoms. The zero-order chi connectivity index (χ0) is 21.1. The van der Waals surface area contributed by atoms with Gasteiger partial charge in [-0.25, -0.2) is 4.98 Å². The molecule has 0 radical (unpaired) electrons. The molecule has 0 fully saturated rings. The molecule has 1 aromatic heterocycles. The monoisotopic (exact) mass is 412 g/mol. The smallest absolute Gasteiger partial charge is 0.269 e. The number of carbonyl (C=O) groups is 1. The van der Waals surface area contributed by atoms with Crippen LogP contribution in [0.2, 0.25) is 0 Å². The molecule has 150 valence electrons. The van der Waals surface area contributed by atoms with Crippen LogP contribution in [0.15, 0.2) is 52.4 Å². The van der Waals surface area contributed by atoms with E-state index in [2.05, 4.69) is 10.3 Å². The minimum Gasteiger partial charge on any atom is -0.325 e. The molecule has 0 unspecified atom stereocenters. The van der Waals surface area contributed by atoms with Crippen LogP contribution in [0, 0.1) is 17.0 Å². The van der Waals surface area contributed by atoms with Gasteiger partial charge in [-0.1, -0.05) is 23.9 Å². The maximum absolute atomic E-state index is 12.8. The highest BCUT2D eigenvalue weighted by Gasteiger charge is 2.16. The van der Waals surface area contributed by atoms with E-state index in [1.54, 1.807) is 29.7 Å². The second-order valence-corrected chi connectivity index (χ2v) is 7.72. The average Bonchev–Trinajstić information content (AvgIpc) is 2.67. The van der Waals surface area contributed by atoms with E-state index < -0.39 is 4.92 Å². The van der Waals surface area contributed by atoms with E-state index in [1.165, 1.54) is 30.0 Å². The molecule has 2 aromatic carbocycles. The summed E-state index contributed by atoms with van der Waals surface area (Å²) < 4.78 is 1.58. The van der Waals surface area contributed by atoms with Crippen LogP contribution in [-0.2, 0) is 4.79 Å². The molecule has 1 heterocycles. The fourth-order valence-electron chi connectivity index (χ4n) is 2.90. The summed E-state index contributed by atoms with van der Waals surface area (Å²) >= 11 is 1.18. The Morgan fingerprint density at radius 2 is 2.00 bits per heavy atom. The summed E-state index contributed by atoms with van der Waals surface area (Å²) in [4.78, 5) is 40.1. The van der Waals surface area contributed by atoms with E-state index >= 15 is 0 Å². The number of fused-ring (bicyclic) bond motifs is 1. The second-order valence-electron chi connectivity index (χ2n) is 6.77. The Morgan fingerprint density at radius 1 is 1.28 bits per heavy atom. The topological polar surface area (TPSA) is 107 Å². The van der Waals surface area contributed by atoms with Gasteiger partial charge in [-0.2, -0.15) is 0 Å². The molecule has 0 aliphatic carbocycles. The van der Waals surface area contributed by atoms with Crippen molar-refractivity contribution in [3.05, 3.63) is 68.5 Å². The summed E-state index contributed by atoms with van der Waals surface area (Å²) in [6.07, 6.45) is 0. The van der Waals surface area contributed by atoms with Gasteiger partial charge < -0.3 is 5.32 Å². The highest BCUT2D eigenvalue weighted by Crippen LogP contribution is 2.23. The van der Waals surface area contributed by atoms with Crippen molar-refractivity contribution in [1.29, 1.82) is 0 Å². The van der Waals surface area contributed by atoms with Crippen LogP contribution in [0.4, 0.5) is 11.4 Å². The number of thioether (sulfide) groups is 1. The van der Waals surface area contributed by atoms with Crippen LogP contribution >= 0.6 is 11.8 Å². The summed E-state index contributed by atoms with van der Waals surface area (Å²) in [5.41, 5.74) is 1.52. The lowest BCUT2D eigenvalue weighted by Gasteiger charge is -2.16. The normalized spacial score (nSPS) is 11.0. The molecule has 0 saturated heterocycles. The largest absolute Gasteiger partial charge is 0.325 e. The zero-order valence-corrected chi connectivity index (χ0v) is 17.0. The molecule has 1 amide bonds. The highest BCUT2D eigenvalue weighted by molar-refractivity contribution is 7.99. The number of nitro groups is 1. The number of aryl methyl sites for hydroxylation is 1. The number of nitrogens with zero attached hydrogens (tertiary/aromatic N) is 3. The first-order valence-corrected chi connectivity index (χ1v) is 9.95. The number of amides is 1. The van der Waals surface area contributed by atoms with Crippen LogP contribution in [0.25, 0.3) is 10.9 Å². The number of non-ortho nitro benzene ring substituents is 1. The summed E-state index contributed by atoms with van der Waals surface area (Å²) in [5, 5.41) is 14.6. The first-order valence-electron chi connectivity index (χ1n) is 8.97. The molecule has 0 saturated carbocycles. The van der Waals surface area contributed by atoms with Crippen molar-refractivity contribution >= 4 is 39.9 Å². The fraction of sp³-hybridized carbons (Fsp3) is 0.250. The van der Waals surface area contributed by atoms with Gasteiger partial charge in [0.1, 0.15) is 0 Å². The van der Waals surface area contributed by atoms with Gasteiger partial charge in [0.15, 0.2) is 5.16 Å². The van der Waals surface area contributed by atoms with Crippen LogP contribution < -0.4 is 10.9 Å². The lowest BCUT2D eigenvalue weighted by atomic mass is 10.2.